The molecule has 0 radical (unpaired) electrons. The van der Waals surface area contributed by atoms with Crippen LogP contribution in [0.1, 0.15) is 6.92 Å². The van der Waals surface area contributed by atoms with Crippen molar-refractivity contribution in [1.82, 2.24) is 4.98 Å². The number of anilines is 1. The number of nitrogens with one attached hydrogen (secondary N) is 2. The minimum atomic E-state index is -1.41. The largest absolute Gasteiger partial charge is 0.494 e. The lowest BCUT2D eigenvalue weighted by Crippen LogP contribution is -2.19. The van der Waals surface area contributed by atoms with Crippen LogP contribution in [0.25, 0.3) is 10.9 Å². The van der Waals surface area contributed by atoms with Crippen molar-refractivity contribution in [3.05, 3.63) is 54.7 Å². The maximum atomic E-state index is 12.5. The van der Waals surface area contributed by atoms with Gasteiger partial charge in [0.15, 0.2) is 0 Å². The van der Waals surface area contributed by atoms with Crippen molar-refractivity contribution in [2.24, 2.45) is 0 Å². The summed E-state index contributed by atoms with van der Waals surface area (Å²) in [5.74, 6) is 0.371. The molecule has 0 saturated carbocycles. The molecule has 0 spiro atoms. The number of H-pyrrole nitrogens is 1. The lowest BCUT2D eigenvalue weighted by molar-refractivity contribution is -0.113. The molecule has 24 heavy (non-hydrogen) atoms. The first kappa shape index (κ1) is 16.3. The van der Waals surface area contributed by atoms with Gasteiger partial charge in [-0.25, -0.2) is 0 Å². The van der Waals surface area contributed by atoms with Gasteiger partial charge in [0.2, 0.25) is 5.91 Å². The third-order valence-electron chi connectivity index (χ3n) is 3.51. The third kappa shape index (κ3) is 3.65. The minimum absolute atomic E-state index is 0.0882. The van der Waals surface area contributed by atoms with Crippen molar-refractivity contribution >= 4 is 33.3 Å². The van der Waals surface area contributed by atoms with Crippen LogP contribution in [-0.4, -0.2) is 27.5 Å². The van der Waals surface area contributed by atoms with Crippen LogP contribution < -0.4 is 10.1 Å². The van der Waals surface area contributed by atoms with Crippen molar-refractivity contribution in [3.8, 4) is 5.75 Å². The predicted molar refractivity (Wildman–Crippen MR) is 95.8 cm³/mol. The van der Waals surface area contributed by atoms with Crippen LogP contribution in [-0.2, 0) is 15.6 Å². The normalized spacial score (nSPS) is 12.0. The first-order valence-electron chi connectivity index (χ1n) is 7.64. The summed E-state index contributed by atoms with van der Waals surface area (Å²) in [5.41, 5.74) is 1.56. The Morgan fingerprint density at radius 3 is 2.67 bits per heavy atom. The topological polar surface area (TPSA) is 71.2 Å². The Labute approximate surface area is 142 Å². The quantitative estimate of drug-likeness (QED) is 0.722. The Morgan fingerprint density at radius 1 is 1.17 bits per heavy atom. The van der Waals surface area contributed by atoms with E-state index in [2.05, 4.69) is 10.3 Å². The molecule has 0 aliphatic heterocycles. The number of carbonyl (C=O) groups is 1. The highest BCUT2D eigenvalue weighted by Gasteiger charge is 2.14. The van der Waals surface area contributed by atoms with Crippen molar-refractivity contribution < 1.29 is 13.7 Å². The molecule has 0 unspecified atom stereocenters. The first-order chi connectivity index (χ1) is 11.7. The van der Waals surface area contributed by atoms with Gasteiger partial charge >= 0.3 is 0 Å². The Balaban J connectivity index is 1.65. The number of carbonyl (C=O) groups excluding carboxylic acids is 1. The second kappa shape index (κ2) is 7.31. The molecular weight excluding hydrogens is 324 g/mol. The van der Waals surface area contributed by atoms with Gasteiger partial charge in [-0.2, -0.15) is 0 Å². The van der Waals surface area contributed by atoms with E-state index in [0.29, 0.717) is 17.2 Å². The van der Waals surface area contributed by atoms with E-state index in [1.165, 1.54) is 0 Å². The highest BCUT2D eigenvalue weighted by atomic mass is 32.2. The van der Waals surface area contributed by atoms with Gasteiger partial charge in [0, 0.05) is 22.8 Å². The van der Waals surface area contributed by atoms with Gasteiger partial charge in [0.05, 0.1) is 22.3 Å². The number of para-hydroxylation sites is 1. The molecule has 2 aromatic carbocycles. The van der Waals surface area contributed by atoms with E-state index in [-0.39, 0.29) is 11.7 Å². The molecular formula is C18H18N2O3S. The molecule has 2 N–H and O–H groups in total. The van der Waals surface area contributed by atoms with Crippen LogP contribution in [0, 0.1) is 0 Å². The van der Waals surface area contributed by atoms with Crippen molar-refractivity contribution in [2.75, 3.05) is 17.7 Å². The van der Waals surface area contributed by atoms with Crippen molar-refractivity contribution in [1.29, 1.82) is 0 Å². The number of hydrogen-bond donors (Lipinski definition) is 2. The summed E-state index contributed by atoms with van der Waals surface area (Å²) in [5, 5.41) is 3.63. The maximum absolute atomic E-state index is 12.5. The zero-order chi connectivity index (χ0) is 16.9. The van der Waals surface area contributed by atoms with Crippen LogP contribution in [0.2, 0.25) is 0 Å². The van der Waals surface area contributed by atoms with Gasteiger partial charge in [-0.15, -0.1) is 0 Å². The average molecular weight is 342 g/mol. The molecule has 1 heterocycles. The van der Waals surface area contributed by atoms with Crippen LogP contribution in [0.5, 0.6) is 5.75 Å². The lowest BCUT2D eigenvalue weighted by atomic mass is 10.2. The zero-order valence-electron chi connectivity index (χ0n) is 13.2. The molecule has 0 aliphatic rings. The summed E-state index contributed by atoms with van der Waals surface area (Å²) >= 11 is 0. The van der Waals surface area contributed by atoms with E-state index in [1.54, 1.807) is 30.5 Å². The first-order valence-corrected chi connectivity index (χ1v) is 8.96. The van der Waals surface area contributed by atoms with Crippen LogP contribution in [0.3, 0.4) is 0 Å². The molecule has 5 nitrogen and oxygen atoms in total. The van der Waals surface area contributed by atoms with Gasteiger partial charge < -0.3 is 15.0 Å². The Morgan fingerprint density at radius 2 is 1.92 bits per heavy atom. The van der Waals surface area contributed by atoms with Gasteiger partial charge in [-0.1, -0.05) is 18.2 Å². The fourth-order valence-corrected chi connectivity index (χ4v) is 3.51. The molecule has 1 atom stereocenters. The summed E-state index contributed by atoms with van der Waals surface area (Å²) in [6.45, 7) is 2.50. The van der Waals surface area contributed by atoms with Crippen molar-refractivity contribution in [2.45, 2.75) is 11.8 Å². The summed E-state index contributed by atoms with van der Waals surface area (Å²) in [4.78, 5) is 15.8. The van der Waals surface area contributed by atoms with E-state index in [1.807, 2.05) is 31.2 Å². The van der Waals surface area contributed by atoms with E-state index >= 15 is 0 Å². The summed E-state index contributed by atoms with van der Waals surface area (Å²) in [6, 6.07) is 14.7. The Bertz CT molecular complexity index is 871. The smallest absolute Gasteiger partial charge is 0.237 e. The monoisotopic (exact) mass is 342 g/mol. The van der Waals surface area contributed by atoms with Crippen LogP contribution in [0.4, 0.5) is 5.69 Å². The number of amides is 1. The second-order valence-corrected chi connectivity index (χ2v) is 6.61. The van der Waals surface area contributed by atoms with Gasteiger partial charge in [-0.3, -0.25) is 9.00 Å². The molecule has 0 aliphatic carbocycles. The predicted octanol–water partition coefficient (Wildman–Crippen LogP) is 3.31. The van der Waals surface area contributed by atoms with Crippen molar-refractivity contribution in [3.63, 3.8) is 0 Å². The second-order valence-electron chi connectivity index (χ2n) is 5.19. The number of ether oxygens (including phenoxy) is 1. The average Bonchev–Trinajstić information content (AvgIpc) is 3.01. The number of benzene rings is 2. The van der Waals surface area contributed by atoms with E-state index in [9.17, 15) is 9.00 Å². The summed E-state index contributed by atoms with van der Waals surface area (Å²) < 4.78 is 17.8. The molecule has 6 heteroatoms. The third-order valence-corrected chi connectivity index (χ3v) is 4.86. The number of fused-ring (bicyclic) bond motifs is 1. The molecule has 1 aromatic heterocycles. The number of hydrogen-bond acceptors (Lipinski definition) is 3. The minimum Gasteiger partial charge on any atom is -0.494 e. The van der Waals surface area contributed by atoms with E-state index in [4.69, 9.17) is 4.74 Å². The number of aromatic nitrogens is 1. The molecule has 0 bridgehead atoms. The maximum Gasteiger partial charge on any atom is 0.237 e. The molecule has 124 valence electrons. The van der Waals surface area contributed by atoms with E-state index < -0.39 is 10.8 Å². The molecule has 0 saturated heterocycles. The molecule has 3 aromatic rings. The van der Waals surface area contributed by atoms with Gasteiger partial charge in [0.25, 0.3) is 0 Å². The lowest BCUT2D eigenvalue weighted by Gasteiger charge is -2.07. The Hall–Kier alpha value is -2.60. The highest BCUT2D eigenvalue weighted by molar-refractivity contribution is 7.86. The fourth-order valence-electron chi connectivity index (χ4n) is 2.43. The summed E-state index contributed by atoms with van der Waals surface area (Å²) in [6.07, 6.45) is 1.70. The molecule has 0 fully saturated rings. The van der Waals surface area contributed by atoms with Crippen LogP contribution in [0.15, 0.2) is 59.6 Å². The van der Waals surface area contributed by atoms with Crippen LogP contribution >= 0.6 is 0 Å². The molecule has 1 amide bonds. The Kier molecular flexibility index (Phi) is 4.96. The van der Waals surface area contributed by atoms with Gasteiger partial charge in [0.1, 0.15) is 11.5 Å². The molecule has 3 rings (SSSR count). The number of aromatic amines is 1. The SMILES string of the molecule is CCOc1ccc(NC(=O)C[S@@](=O)c2c[nH]c3ccccc23)cc1. The fraction of sp³-hybridized carbons (Fsp3) is 0.167. The highest BCUT2D eigenvalue weighted by Crippen LogP contribution is 2.21. The van der Waals surface area contributed by atoms with E-state index in [0.717, 1.165) is 16.7 Å². The standard InChI is InChI=1S/C18H18N2O3S/c1-2-23-14-9-7-13(8-10-14)20-18(21)12-24(22)17-11-19-16-6-4-3-5-15(16)17/h3-11,19H,2,12H2,1H3,(H,20,21)/t24-/m1/s1. The summed E-state index contributed by atoms with van der Waals surface area (Å²) in [7, 11) is -1.41. The number of rotatable bonds is 6. The zero-order valence-corrected chi connectivity index (χ0v) is 14.1. The van der Waals surface area contributed by atoms with Gasteiger partial charge in [-0.05, 0) is 37.3 Å².